The van der Waals surface area contributed by atoms with E-state index in [1.165, 1.54) is 10.4 Å². The van der Waals surface area contributed by atoms with Crippen LogP contribution in [0.15, 0.2) is 41.8 Å². The van der Waals surface area contributed by atoms with Crippen LogP contribution in [0.4, 0.5) is 0 Å². The molecule has 4 nitrogen and oxygen atoms in total. The number of carbonyl (C=O) groups is 2. The van der Waals surface area contributed by atoms with E-state index in [9.17, 15) is 9.59 Å². The average molecular weight is 387 g/mol. The first-order valence-corrected chi connectivity index (χ1v) is 10.4. The lowest BCUT2D eigenvalue weighted by Crippen LogP contribution is -2.45. The van der Waals surface area contributed by atoms with Crippen LogP contribution in [0.1, 0.15) is 49.6 Å². The van der Waals surface area contributed by atoms with Gasteiger partial charge in [0.2, 0.25) is 11.8 Å². The van der Waals surface area contributed by atoms with E-state index in [-0.39, 0.29) is 24.4 Å². The molecule has 0 fully saturated rings. The molecule has 27 heavy (non-hydrogen) atoms. The highest BCUT2D eigenvalue weighted by Crippen LogP contribution is 2.20. The largest absolute Gasteiger partial charge is 0.332 e. The smallest absolute Gasteiger partial charge is 0.242 e. The van der Waals surface area contributed by atoms with Gasteiger partial charge < -0.3 is 9.80 Å². The van der Waals surface area contributed by atoms with E-state index in [1.54, 1.807) is 16.2 Å². The number of aryl methyl sites for hydroxylation is 1. The van der Waals surface area contributed by atoms with Crippen LogP contribution in [0.5, 0.6) is 0 Å². The first kappa shape index (κ1) is 21.2. The van der Waals surface area contributed by atoms with Gasteiger partial charge in [0.05, 0.1) is 13.1 Å². The molecule has 0 unspecified atom stereocenters. The van der Waals surface area contributed by atoms with Crippen molar-refractivity contribution in [1.29, 1.82) is 0 Å². The highest BCUT2D eigenvalue weighted by atomic mass is 32.1. The number of carbonyl (C=O) groups excluding carboxylic acids is 2. The maximum Gasteiger partial charge on any atom is 0.242 e. The third-order valence-corrected chi connectivity index (χ3v) is 5.59. The molecule has 0 spiro atoms. The van der Waals surface area contributed by atoms with Crippen LogP contribution in [0.25, 0.3) is 0 Å². The minimum Gasteiger partial charge on any atom is -0.332 e. The molecule has 2 amide bonds. The summed E-state index contributed by atoms with van der Waals surface area (Å²) in [5.41, 5.74) is 2.30. The van der Waals surface area contributed by atoms with Crippen molar-refractivity contribution < 1.29 is 9.59 Å². The van der Waals surface area contributed by atoms with Crippen LogP contribution in [0, 0.1) is 6.92 Å². The Morgan fingerprint density at radius 1 is 1.04 bits per heavy atom. The van der Waals surface area contributed by atoms with Gasteiger partial charge in [-0.3, -0.25) is 9.59 Å². The van der Waals surface area contributed by atoms with Crippen molar-refractivity contribution >= 4 is 23.2 Å². The monoisotopic (exact) mass is 386 g/mol. The molecule has 2 rings (SSSR count). The molecule has 1 aromatic heterocycles. The van der Waals surface area contributed by atoms with Gasteiger partial charge in [0.1, 0.15) is 0 Å². The second-order valence-corrected chi connectivity index (χ2v) is 8.13. The Labute approximate surface area is 166 Å². The quantitative estimate of drug-likeness (QED) is 0.631. The fourth-order valence-electron chi connectivity index (χ4n) is 2.94. The molecule has 0 radical (unpaired) electrons. The van der Waals surface area contributed by atoms with Crippen LogP contribution in [0.2, 0.25) is 0 Å². The van der Waals surface area contributed by atoms with Gasteiger partial charge in [0, 0.05) is 23.9 Å². The molecule has 2 aromatic rings. The van der Waals surface area contributed by atoms with E-state index in [2.05, 4.69) is 18.4 Å². The minimum atomic E-state index is -0.00944. The fraction of sp³-hybridized carbons (Fsp3) is 0.455. The van der Waals surface area contributed by atoms with Gasteiger partial charge in [0.15, 0.2) is 0 Å². The van der Waals surface area contributed by atoms with Crippen LogP contribution in [-0.2, 0) is 22.7 Å². The topological polar surface area (TPSA) is 40.6 Å². The van der Waals surface area contributed by atoms with Crippen molar-refractivity contribution in [2.75, 3.05) is 6.54 Å². The van der Waals surface area contributed by atoms with Crippen LogP contribution in [-0.4, -0.2) is 34.2 Å². The molecule has 146 valence electrons. The number of benzene rings is 1. The normalized spacial score (nSPS) is 10.9. The number of nitrogens with zero attached hydrogens (tertiary/aromatic N) is 2. The summed E-state index contributed by atoms with van der Waals surface area (Å²) in [7, 11) is 0. The third kappa shape index (κ3) is 6.21. The van der Waals surface area contributed by atoms with Gasteiger partial charge in [-0.15, -0.1) is 11.3 Å². The molecule has 1 aromatic carbocycles. The molecular weight excluding hydrogens is 356 g/mol. The van der Waals surface area contributed by atoms with E-state index in [4.69, 9.17) is 0 Å². The van der Waals surface area contributed by atoms with Crippen molar-refractivity contribution in [3.05, 3.63) is 57.8 Å². The van der Waals surface area contributed by atoms with Crippen molar-refractivity contribution in [2.24, 2.45) is 0 Å². The van der Waals surface area contributed by atoms with E-state index >= 15 is 0 Å². The molecular formula is C22H30N2O2S. The summed E-state index contributed by atoms with van der Waals surface area (Å²) in [6, 6.07) is 12.1. The Kier molecular flexibility index (Phi) is 8.04. The van der Waals surface area contributed by atoms with Gasteiger partial charge in [-0.05, 0) is 49.8 Å². The lowest BCUT2D eigenvalue weighted by atomic mass is 10.2. The van der Waals surface area contributed by atoms with Gasteiger partial charge in [-0.1, -0.05) is 37.3 Å². The molecule has 0 N–H and O–H groups in total. The molecule has 0 aliphatic carbocycles. The van der Waals surface area contributed by atoms with E-state index in [0.29, 0.717) is 19.5 Å². The predicted octanol–water partition coefficient (Wildman–Crippen LogP) is 4.62. The van der Waals surface area contributed by atoms with Gasteiger partial charge >= 0.3 is 0 Å². The first-order chi connectivity index (χ1) is 12.9. The second kappa shape index (κ2) is 10.3. The van der Waals surface area contributed by atoms with Gasteiger partial charge in [-0.25, -0.2) is 0 Å². The van der Waals surface area contributed by atoms with Crippen molar-refractivity contribution in [3.63, 3.8) is 0 Å². The highest BCUT2D eigenvalue weighted by molar-refractivity contribution is 7.10. The van der Waals surface area contributed by atoms with Crippen molar-refractivity contribution in [1.82, 2.24) is 9.80 Å². The molecule has 5 heteroatoms. The Hall–Kier alpha value is -2.14. The van der Waals surface area contributed by atoms with Crippen molar-refractivity contribution in [2.45, 2.75) is 59.7 Å². The molecule has 0 atom stereocenters. The number of amides is 2. The van der Waals surface area contributed by atoms with E-state index in [0.717, 1.165) is 12.0 Å². The molecule has 0 saturated carbocycles. The van der Waals surface area contributed by atoms with Crippen LogP contribution < -0.4 is 0 Å². The highest BCUT2D eigenvalue weighted by Gasteiger charge is 2.23. The lowest BCUT2D eigenvalue weighted by molar-refractivity contribution is -0.142. The zero-order valence-electron chi connectivity index (χ0n) is 16.8. The number of hydrogen-bond donors (Lipinski definition) is 0. The van der Waals surface area contributed by atoms with Gasteiger partial charge in [0.25, 0.3) is 0 Å². The predicted molar refractivity (Wildman–Crippen MR) is 112 cm³/mol. The first-order valence-electron chi connectivity index (χ1n) is 9.56. The summed E-state index contributed by atoms with van der Waals surface area (Å²) in [5, 5.41) is 2.06. The Morgan fingerprint density at radius 3 is 2.30 bits per heavy atom. The maximum atomic E-state index is 13.1. The van der Waals surface area contributed by atoms with E-state index in [1.807, 2.05) is 56.0 Å². The summed E-state index contributed by atoms with van der Waals surface area (Å²) in [6.07, 6.45) is 1.27. The Morgan fingerprint density at radius 2 is 1.74 bits per heavy atom. The Balaban J connectivity index is 2.18. The van der Waals surface area contributed by atoms with Crippen LogP contribution in [0.3, 0.4) is 0 Å². The number of hydrogen-bond acceptors (Lipinski definition) is 3. The summed E-state index contributed by atoms with van der Waals surface area (Å²) in [5.74, 6) is 0.0395. The zero-order chi connectivity index (χ0) is 19.8. The molecule has 0 aliphatic heterocycles. The summed E-state index contributed by atoms with van der Waals surface area (Å²) in [4.78, 5) is 30.3. The molecule has 0 saturated heterocycles. The standard InChI is InChI=1S/C22H30N2O2S/c1-5-9-21(25)24(17(2)3)16-22(26)23(14-19-10-7-6-8-11-19)15-20-18(4)12-13-27-20/h6-8,10-13,17H,5,9,14-16H2,1-4H3. The summed E-state index contributed by atoms with van der Waals surface area (Å²) < 4.78 is 0. The Bertz CT molecular complexity index is 740. The minimum absolute atomic E-state index is 0.00930. The van der Waals surface area contributed by atoms with Crippen LogP contribution >= 0.6 is 11.3 Å². The number of thiophene rings is 1. The summed E-state index contributed by atoms with van der Waals surface area (Å²) in [6.45, 7) is 9.24. The lowest BCUT2D eigenvalue weighted by Gasteiger charge is -2.30. The average Bonchev–Trinajstić information content (AvgIpc) is 3.04. The van der Waals surface area contributed by atoms with E-state index < -0.39 is 0 Å². The fourth-order valence-corrected chi connectivity index (χ4v) is 3.86. The molecule has 1 heterocycles. The summed E-state index contributed by atoms with van der Waals surface area (Å²) >= 11 is 1.67. The third-order valence-electron chi connectivity index (χ3n) is 4.58. The zero-order valence-corrected chi connectivity index (χ0v) is 17.6. The second-order valence-electron chi connectivity index (χ2n) is 7.13. The molecule has 0 bridgehead atoms. The number of rotatable bonds is 9. The van der Waals surface area contributed by atoms with Crippen molar-refractivity contribution in [3.8, 4) is 0 Å². The SMILES string of the molecule is CCCC(=O)N(CC(=O)N(Cc1ccccc1)Cc1sccc1C)C(C)C. The van der Waals surface area contributed by atoms with Gasteiger partial charge in [-0.2, -0.15) is 0 Å². The maximum absolute atomic E-state index is 13.1. The molecule has 0 aliphatic rings.